The minimum Gasteiger partial charge on any atom is -0.390 e. The zero-order chi connectivity index (χ0) is 8.97. The van der Waals surface area contributed by atoms with Gasteiger partial charge in [-0.25, -0.2) is 0 Å². The Morgan fingerprint density at radius 3 is 2.42 bits per heavy atom. The SMILES string of the molecule is CN1CCN(CC([NH3+])CO)CC1. The summed E-state index contributed by atoms with van der Waals surface area (Å²) in [5.74, 6) is 0. The molecule has 1 unspecified atom stereocenters. The highest BCUT2D eigenvalue weighted by molar-refractivity contribution is 4.71. The molecule has 0 radical (unpaired) electrons. The molecule has 0 aliphatic carbocycles. The number of rotatable bonds is 3. The van der Waals surface area contributed by atoms with Crippen molar-refractivity contribution in [3.05, 3.63) is 0 Å². The van der Waals surface area contributed by atoms with E-state index in [4.69, 9.17) is 5.11 Å². The first kappa shape index (κ1) is 9.92. The van der Waals surface area contributed by atoms with Crippen LogP contribution in [0.5, 0.6) is 0 Å². The van der Waals surface area contributed by atoms with Crippen LogP contribution in [0.4, 0.5) is 0 Å². The van der Waals surface area contributed by atoms with E-state index < -0.39 is 0 Å². The van der Waals surface area contributed by atoms with Crippen LogP contribution in [0.25, 0.3) is 0 Å². The molecule has 1 aliphatic heterocycles. The molecule has 0 spiro atoms. The number of quaternary nitrogens is 1. The molecule has 0 aromatic heterocycles. The van der Waals surface area contributed by atoms with Gasteiger partial charge in [0.2, 0.25) is 0 Å². The lowest BCUT2D eigenvalue weighted by Crippen LogP contribution is -2.67. The molecule has 0 aromatic carbocycles. The van der Waals surface area contributed by atoms with E-state index >= 15 is 0 Å². The number of nitrogens with zero attached hydrogens (tertiary/aromatic N) is 2. The zero-order valence-electron chi connectivity index (χ0n) is 7.87. The van der Waals surface area contributed by atoms with Gasteiger partial charge in [0.05, 0.1) is 13.2 Å². The summed E-state index contributed by atoms with van der Waals surface area (Å²) in [6.07, 6.45) is 0. The highest BCUT2D eigenvalue weighted by atomic mass is 16.3. The number of aliphatic hydroxyl groups is 1. The summed E-state index contributed by atoms with van der Waals surface area (Å²) in [6.45, 7) is 5.64. The Balaban J connectivity index is 2.17. The van der Waals surface area contributed by atoms with Gasteiger partial charge in [-0.3, -0.25) is 4.90 Å². The Labute approximate surface area is 73.9 Å². The average Bonchev–Trinajstić information content (AvgIpc) is 2.09. The van der Waals surface area contributed by atoms with Crippen LogP contribution in [-0.4, -0.2) is 67.3 Å². The van der Waals surface area contributed by atoms with Crippen LogP contribution in [0, 0.1) is 0 Å². The van der Waals surface area contributed by atoms with Crippen LogP contribution in [0.2, 0.25) is 0 Å². The second kappa shape index (κ2) is 4.77. The maximum absolute atomic E-state index is 8.82. The summed E-state index contributed by atoms with van der Waals surface area (Å²) in [7, 11) is 2.14. The molecule has 4 heteroatoms. The average molecular weight is 174 g/mol. The van der Waals surface area contributed by atoms with Crippen molar-refractivity contribution in [2.45, 2.75) is 6.04 Å². The Kier molecular flexibility index (Phi) is 3.94. The molecule has 1 saturated heterocycles. The lowest BCUT2D eigenvalue weighted by atomic mass is 10.2. The number of likely N-dealkylation sites (N-methyl/N-ethyl adjacent to an activating group) is 1. The first-order valence-electron chi connectivity index (χ1n) is 4.57. The van der Waals surface area contributed by atoms with Gasteiger partial charge in [0, 0.05) is 26.2 Å². The molecule has 0 aromatic rings. The van der Waals surface area contributed by atoms with Gasteiger partial charge in [0.15, 0.2) is 0 Å². The van der Waals surface area contributed by atoms with Crippen molar-refractivity contribution in [2.24, 2.45) is 0 Å². The molecular formula is C8H20N3O+. The van der Waals surface area contributed by atoms with E-state index in [-0.39, 0.29) is 12.6 Å². The number of piperazine rings is 1. The minimum absolute atomic E-state index is 0.174. The summed E-state index contributed by atoms with van der Waals surface area (Å²) in [4.78, 5) is 4.70. The monoisotopic (exact) mass is 174 g/mol. The van der Waals surface area contributed by atoms with Gasteiger partial charge in [-0.15, -0.1) is 0 Å². The highest BCUT2D eigenvalue weighted by Crippen LogP contribution is 1.98. The maximum atomic E-state index is 8.82. The van der Waals surface area contributed by atoms with Crippen LogP contribution >= 0.6 is 0 Å². The van der Waals surface area contributed by atoms with E-state index in [1.807, 2.05) is 0 Å². The molecule has 0 amide bonds. The molecule has 1 heterocycles. The fourth-order valence-electron chi connectivity index (χ4n) is 1.45. The molecular weight excluding hydrogens is 154 g/mol. The summed E-state index contributed by atoms with van der Waals surface area (Å²) in [5, 5.41) is 8.82. The van der Waals surface area contributed by atoms with E-state index in [9.17, 15) is 0 Å². The van der Waals surface area contributed by atoms with Crippen LogP contribution < -0.4 is 5.73 Å². The summed E-state index contributed by atoms with van der Waals surface area (Å²) in [6, 6.07) is 0.174. The van der Waals surface area contributed by atoms with E-state index in [1.165, 1.54) is 0 Å². The zero-order valence-corrected chi connectivity index (χ0v) is 7.87. The Morgan fingerprint density at radius 1 is 1.33 bits per heavy atom. The van der Waals surface area contributed by atoms with Gasteiger partial charge in [0.1, 0.15) is 6.04 Å². The molecule has 4 nitrogen and oxygen atoms in total. The number of hydrogen-bond acceptors (Lipinski definition) is 3. The predicted octanol–water partition coefficient (Wildman–Crippen LogP) is -2.16. The minimum atomic E-state index is 0.174. The van der Waals surface area contributed by atoms with Crippen molar-refractivity contribution in [2.75, 3.05) is 46.4 Å². The highest BCUT2D eigenvalue weighted by Gasteiger charge is 2.16. The third-order valence-corrected chi connectivity index (χ3v) is 2.37. The van der Waals surface area contributed by atoms with Gasteiger partial charge >= 0.3 is 0 Å². The molecule has 0 bridgehead atoms. The lowest BCUT2D eigenvalue weighted by Gasteiger charge is -2.32. The van der Waals surface area contributed by atoms with E-state index in [0.717, 1.165) is 32.7 Å². The fraction of sp³-hybridized carbons (Fsp3) is 1.00. The van der Waals surface area contributed by atoms with E-state index in [1.54, 1.807) is 0 Å². The fourth-order valence-corrected chi connectivity index (χ4v) is 1.45. The standard InChI is InChI=1S/C8H19N3O/c1-10-2-4-11(5-3-10)6-8(9)7-12/h8,12H,2-7,9H2,1H3/p+1. The number of hydrogen-bond donors (Lipinski definition) is 2. The summed E-state index contributed by atoms with van der Waals surface area (Å²) in [5.41, 5.74) is 3.86. The summed E-state index contributed by atoms with van der Waals surface area (Å²) >= 11 is 0. The van der Waals surface area contributed by atoms with Crippen molar-refractivity contribution in [3.8, 4) is 0 Å². The second-order valence-electron chi connectivity index (χ2n) is 3.65. The molecule has 0 saturated carbocycles. The summed E-state index contributed by atoms with van der Waals surface area (Å²) < 4.78 is 0. The largest absolute Gasteiger partial charge is 0.390 e. The van der Waals surface area contributed by atoms with Crippen LogP contribution in [0.3, 0.4) is 0 Å². The molecule has 72 valence electrons. The normalized spacial score (nSPS) is 24.2. The molecule has 1 fully saturated rings. The smallest absolute Gasteiger partial charge is 0.121 e. The van der Waals surface area contributed by atoms with Gasteiger partial charge in [0.25, 0.3) is 0 Å². The second-order valence-corrected chi connectivity index (χ2v) is 3.65. The van der Waals surface area contributed by atoms with E-state index in [0.29, 0.717) is 0 Å². The van der Waals surface area contributed by atoms with Crippen LogP contribution in [0.15, 0.2) is 0 Å². The van der Waals surface area contributed by atoms with Crippen molar-refractivity contribution in [1.29, 1.82) is 0 Å². The molecule has 12 heavy (non-hydrogen) atoms. The Morgan fingerprint density at radius 2 is 1.92 bits per heavy atom. The van der Waals surface area contributed by atoms with E-state index in [2.05, 4.69) is 22.6 Å². The van der Waals surface area contributed by atoms with Crippen molar-refractivity contribution < 1.29 is 10.8 Å². The molecule has 4 N–H and O–H groups in total. The predicted molar refractivity (Wildman–Crippen MR) is 47.7 cm³/mol. The van der Waals surface area contributed by atoms with Crippen LogP contribution in [0.1, 0.15) is 0 Å². The first-order chi connectivity index (χ1) is 5.72. The van der Waals surface area contributed by atoms with Crippen LogP contribution in [-0.2, 0) is 0 Å². The van der Waals surface area contributed by atoms with Crippen molar-refractivity contribution in [3.63, 3.8) is 0 Å². The van der Waals surface area contributed by atoms with Crippen molar-refractivity contribution in [1.82, 2.24) is 9.80 Å². The Bertz CT molecular complexity index is 123. The van der Waals surface area contributed by atoms with Gasteiger partial charge < -0.3 is 15.7 Å². The lowest BCUT2D eigenvalue weighted by molar-refractivity contribution is -0.427. The Hall–Kier alpha value is -0.160. The molecule has 1 aliphatic rings. The maximum Gasteiger partial charge on any atom is 0.121 e. The third kappa shape index (κ3) is 3.06. The topological polar surface area (TPSA) is 54.4 Å². The number of aliphatic hydroxyl groups excluding tert-OH is 1. The molecule has 1 atom stereocenters. The third-order valence-electron chi connectivity index (χ3n) is 2.37. The van der Waals surface area contributed by atoms with Gasteiger partial charge in [-0.05, 0) is 7.05 Å². The van der Waals surface area contributed by atoms with Gasteiger partial charge in [-0.1, -0.05) is 0 Å². The molecule has 1 rings (SSSR count). The quantitative estimate of drug-likeness (QED) is 0.512. The first-order valence-corrected chi connectivity index (χ1v) is 4.57. The van der Waals surface area contributed by atoms with Crippen molar-refractivity contribution >= 4 is 0 Å². The van der Waals surface area contributed by atoms with Gasteiger partial charge in [-0.2, -0.15) is 0 Å².